The molecule has 2 N–H and O–H groups in total. The van der Waals surface area contributed by atoms with Crippen LogP contribution in [0.1, 0.15) is 25.8 Å². The molecule has 0 saturated heterocycles. The van der Waals surface area contributed by atoms with Crippen LogP contribution in [0.15, 0.2) is 42.5 Å². The van der Waals surface area contributed by atoms with Gasteiger partial charge in [-0.1, -0.05) is 56.3 Å². The minimum absolute atomic E-state index is 0.0275. The minimum Gasteiger partial charge on any atom is -0.423 e. The molecule has 1 aliphatic carbocycles. The maximum Gasteiger partial charge on any atom is 0.489 e. The molecule has 0 aromatic heterocycles. The highest BCUT2D eigenvalue weighted by Gasteiger charge is 2.28. The minimum atomic E-state index is -1.42. The van der Waals surface area contributed by atoms with Crippen molar-refractivity contribution in [3.05, 3.63) is 48.1 Å². The maximum absolute atomic E-state index is 9.42. The third-order valence-electron chi connectivity index (χ3n) is 3.29. The van der Waals surface area contributed by atoms with Crippen molar-refractivity contribution in [2.24, 2.45) is 5.41 Å². The largest absolute Gasteiger partial charge is 0.489 e. The summed E-state index contributed by atoms with van der Waals surface area (Å²) in [6, 6.07) is 7.46. The van der Waals surface area contributed by atoms with Gasteiger partial charge in [0.2, 0.25) is 0 Å². The monoisotopic (exact) mass is 228 g/mol. The molecule has 0 spiro atoms. The molecule has 17 heavy (non-hydrogen) atoms. The molecule has 1 aliphatic rings. The van der Waals surface area contributed by atoms with E-state index in [1.165, 1.54) is 0 Å². The molecule has 0 atom stereocenters. The van der Waals surface area contributed by atoms with E-state index in [1.807, 2.05) is 24.3 Å². The zero-order valence-corrected chi connectivity index (χ0v) is 10.2. The Morgan fingerprint density at radius 2 is 1.88 bits per heavy atom. The first kappa shape index (κ1) is 12.2. The number of rotatable bonds is 2. The van der Waals surface area contributed by atoms with Crippen molar-refractivity contribution in [3.8, 4) is 0 Å². The second kappa shape index (κ2) is 4.51. The molecule has 2 nitrogen and oxygen atoms in total. The van der Waals surface area contributed by atoms with Gasteiger partial charge >= 0.3 is 7.12 Å². The first-order valence-corrected chi connectivity index (χ1v) is 5.85. The summed E-state index contributed by atoms with van der Waals surface area (Å²) in [5.74, 6) is 0. The van der Waals surface area contributed by atoms with Gasteiger partial charge in [0.05, 0.1) is 0 Å². The van der Waals surface area contributed by atoms with Gasteiger partial charge in [-0.3, -0.25) is 0 Å². The summed E-state index contributed by atoms with van der Waals surface area (Å²) in [7, 11) is -1.42. The third-order valence-corrected chi connectivity index (χ3v) is 3.29. The topological polar surface area (TPSA) is 40.5 Å². The van der Waals surface area contributed by atoms with Gasteiger partial charge in [0.1, 0.15) is 0 Å². The van der Waals surface area contributed by atoms with Gasteiger partial charge in [-0.25, -0.2) is 0 Å². The fourth-order valence-corrected chi connectivity index (χ4v) is 2.28. The van der Waals surface area contributed by atoms with Crippen LogP contribution in [0.5, 0.6) is 0 Å². The standard InChI is InChI=1S/C14H17BO2/c1-14(2)10-6-5-8-12(14)11-7-3-4-9-13(11)15(16)17/h3-9,16-17H,10H2,1-2H3. The predicted octanol–water partition coefficient (Wildman–Crippen LogP) is 1.74. The predicted molar refractivity (Wildman–Crippen MR) is 71.8 cm³/mol. The molecule has 0 fully saturated rings. The third kappa shape index (κ3) is 2.35. The normalized spacial score (nSPS) is 17.8. The van der Waals surface area contributed by atoms with Crippen LogP contribution in [-0.2, 0) is 0 Å². The highest BCUT2D eigenvalue weighted by Crippen LogP contribution is 2.39. The average molecular weight is 228 g/mol. The van der Waals surface area contributed by atoms with Crippen LogP contribution in [0, 0.1) is 5.41 Å². The second-order valence-electron chi connectivity index (χ2n) is 5.06. The van der Waals surface area contributed by atoms with Gasteiger partial charge in [-0.2, -0.15) is 0 Å². The van der Waals surface area contributed by atoms with E-state index < -0.39 is 7.12 Å². The average Bonchev–Trinajstić information content (AvgIpc) is 2.28. The lowest BCUT2D eigenvalue weighted by molar-refractivity contribution is 0.425. The van der Waals surface area contributed by atoms with E-state index in [1.54, 1.807) is 6.07 Å². The lowest BCUT2D eigenvalue weighted by Gasteiger charge is -2.30. The Kier molecular flexibility index (Phi) is 3.23. The smallest absolute Gasteiger partial charge is 0.423 e. The highest BCUT2D eigenvalue weighted by molar-refractivity contribution is 6.59. The first-order valence-electron chi connectivity index (χ1n) is 5.85. The van der Waals surface area contributed by atoms with E-state index in [0.717, 1.165) is 17.6 Å². The van der Waals surface area contributed by atoms with Crippen LogP contribution in [0.4, 0.5) is 0 Å². The second-order valence-corrected chi connectivity index (χ2v) is 5.06. The molecule has 0 amide bonds. The summed E-state index contributed by atoms with van der Waals surface area (Å²) >= 11 is 0. The molecule has 0 unspecified atom stereocenters. The molecule has 0 bridgehead atoms. The van der Waals surface area contributed by atoms with Gasteiger partial charge in [-0.15, -0.1) is 0 Å². The first-order chi connectivity index (χ1) is 8.02. The van der Waals surface area contributed by atoms with Crippen molar-refractivity contribution in [1.29, 1.82) is 0 Å². The highest BCUT2D eigenvalue weighted by atomic mass is 16.4. The van der Waals surface area contributed by atoms with Gasteiger partial charge < -0.3 is 10.0 Å². The molecule has 1 aromatic carbocycles. The number of hydrogen-bond acceptors (Lipinski definition) is 2. The van der Waals surface area contributed by atoms with Crippen molar-refractivity contribution in [3.63, 3.8) is 0 Å². The quantitative estimate of drug-likeness (QED) is 0.757. The number of hydrogen-bond donors (Lipinski definition) is 2. The Morgan fingerprint density at radius 3 is 2.53 bits per heavy atom. The SMILES string of the molecule is CC1(C)CC=CC=C1c1ccccc1B(O)O. The zero-order chi connectivity index (χ0) is 12.5. The van der Waals surface area contributed by atoms with E-state index in [4.69, 9.17) is 0 Å². The molecule has 0 saturated carbocycles. The van der Waals surface area contributed by atoms with E-state index in [2.05, 4.69) is 26.0 Å². The zero-order valence-electron chi connectivity index (χ0n) is 10.2. The summed E-state index contributed by atoms with van der Waals surface area (Å²) in [5.41, 5.74) is 2.68. The Balaban J connectivity index is 2.53. The summed E-state index contributed by atoms with van der Waals surface area (Å²) in [4.78, 5) is 0. The molecule has 2 rings (SSSR count). The molecular formula is C14H17BO2. The van der Waals surface area contributed by atoms with Crippen molar-refractivity contribution in [2.45, 2.75) is 20.3 Å². The summed E-state index contributed by atoms with van der Waals surface area (Å²) in [6.07, 6.45) is 7.20. The Bertz CT molecular complexity index is 473. The Hall–Kier alpha value is -1.32. The van der Waals surface area contributed by atoms with Crippen LogP contribution in [0.3, 0.4) is 0 Å². The van der Waals surface area contributed by atoms with Gasteiger partial charge in [-0.05, 0) is 28.4 Å². The van der Waals surface area contributed by atoms with E-state index >= 15 is 0 Å². The van der Waals surface area contributed by atoms with Crippen LogP contribution in [0.25, 0.3) is 5.57 Å². The summed E-state index contributed by atoms with van der Waals surface area (Å²) in [6.45, 7) is 4.34. The van der Waals surface area contributed by atoms with Crippen LogP contribution >= 0.6 is 0 Å². The number of benzene rings is 1. The summed E-state index contributed by atoms with van der Waals surface area (Å²) in [5, 5.41) is 18.8. The number of allylic oxidation sites excluding steroid dienone is 4. The molecule has 0 radical (unpaired) electrons. The molecule has 0 aliphatic heterocycles. The molecule has 0 heterocycles. The lowest BCUT2D eigenvalue weighted by Crippen LogP contribution is -2.34. The Labute approximate surface area is 102 Å². The van der Waals surface area contributed by atoms with Gasteiger partial charge in [0, 0.05) is 0 Å². The van der Waals surface area contributed by atoms with Crippen molar-refractivity contribution in [2.75, 3.05) is 0 Å². The molecule has 3 heteroatoms. The molecule has 88 valence electrons. The van der Waals surface area contributed by atoms with E-state index in [9.17, 15) is 10.0 Å². The van der Waals surface area contributed by atoms with E-state index in [0.29, 0.717) is 5.46 Å². The lowest BCUT2D eigenvalue weighted by atomic mass is 9.68. The van der Waals surface area contributed by atoms with Crippen LogP contribution in [0.2, 0.25) is 0 Å². The molecular weight excluding hydrogens is 211 g/mol. The van der Waals surface area contributed by atoms with E-state index in [-0.39, 0.29) is 5.41 Å². The fourth-order valence-electron chi connectivity index (χ4n) is 2.28. The van der Waals surface area contributed by atoms with Crippen molar-refractivity contribution in [1.82, 2.24) is 0 Å². The fraction of sp³-hybridized carbons (Fsp3) is 0.286. The summed E-state index contributed by atoms with van der Waals surface area (Å²) < 4.78 is 0. The van der Waals surface area contributed by atoms with Crippen molar-refractivity contribution < 1.29 is 10.0 Å². The van der Waals surface area contributed by atoms with Crippen LogP contribution < -0.4 is 5.46 Å². The maximum atomic E-state index is 9.42. The molecule has 1 aromatic rings. The van der Waals surface area contributed by atoms with Gasteiger partial charge in [0.25, 0.3) is 0 Å². The van der Waals surface area contributed by atoms with Gasteiger partial charge in [0.15, 0.2) is 0 Å². The van der Waals surface area contributed by atoms with Crippen LogP contribution in [-0.4, -0.2) is 17.2 Å². The van der Waals surface area contributed by atoms with Crippen molar-refractivity contribution >= 4 is 18.2 Å². The Morgan fingerprint density at radius 1 is 1.18 bits per heavy atom.